The van der Waals surface area contributed by atoms with Gasteiger partial charge in [-0.15, -0.1) is 0 Å². The number of Topliss-reactive ketones (excluding diaryl/α,β-unsaturated/α-hetero) is 2. The van der Waals surface area contributed by atoms with Gasteiger partial charge in [0.2, 0.25) is 15.8 Å². The number of methoxy groups -OCH3 is 1. The molecule has 0 aliphatic carbocycles. The van der Waals surface area contributed by atoms with Crippen LogP contribution >= 0.6 is 0 Å². The van der Waals surface area contributed by atoms with Crippen LogP contribution in [-0.2, 0) is 24.3 Å². The number of rotatable bonds is 6. The first kappa shape index (κ1) is 15.8. The van der Waals surface area contributed by atoms with Crippen molar-refractivity contribution >= 4 is 33.2 Å². The highest BCUT2D eigenvalue weighted by molar-refractivity contribution is 7.92. The van der Waals surface area contributed by atoms with E-state index in [9.17, 15) is 22.8 Å². The summed E-state index contributed by atoms with van der Waals surface area (Å²) in [6.07, 6.45) is 0.345. The molecule has 0 radical (unpaired) electrons. The van der Waals surface area contributed by atoms with E-state index in [1.54, 1.807) is 0 Å². The van der Waals surface area contributed by atoms with Gasteiger partial charge in [0.15, 0.2) is 5.78 Å². The summed E-state index contributed by atoms with van der Waals surface area (Å²) in [5.41, 5.74) is 0.319. The highest BCUT2D eigenvalue weighted by Crippen LogP contribution is 2.13. The van der Waals surface area contributed by atoms with E-state index in [2.05, 4.69) is 9.46 Å². The minimum Gasteiger partial charge on any atom is -0.463 e. The fourth-order valence-electron chi connectivity index (χ4n) is 1.40. The Hall–Kier alpha value is -2.22. The predicted octanol–water partition coefficient (Wildman–Crippen LogP) is 0.373. The summed E-state index contributed by atoms with van der Waals surface area (Å²) >= 11 is 0. The molecule has 8 heteroatoms. The minimum absolute atomic E-state index is 0.121. The zero-order valence-corrected chi connectivity index (χ0v) is 11.7. The number of carbonyl (C=O) groups is 3. The first-order chi connectivity index (χ1) is 9.23. The van der Waals surface area contributed by atoms with Gasteiger partial charge in [-0.25, -0.2) is 13.2 Å². The lowest BCUT2D eigenvalue weighted by Gasteiger charge is -2.05. The van der Waals surface area contributed by atoms with E-state index in [-0.39, 0.29) is 11.3 Å². The van der Waals surface area contributed by atoms with Gasteiger partial charge in [0, 0.05) is 11.3 Å². The first-order valence-electron chi connectivity index (χ1n) is 5.45. The molecule has 0 heterocycles. The molecule has 1 aromatic rings. The van der Waals surface area contributed by atoms with Gasteiger partial charge in [0.25, 0.3) is 0 Å². The second-order valence-corrected chi connectivity index (χ2v) is 5.72. The normalized spacial score (nSPS) is 10.7. The molecule has 108 valence electrons. The number of esters is 1. The van der Waals surface area contributed by atoms with Gasteiger partial charge in [-0.05, 0) is 12.1 Å². The van der Waals surface area contributed by atoms with Crippen LogP contribution < -0.4 is 4.72 Å². The first-order valence-corrected chi connectivity index (χ1v) is 7.34. The smallest absolute Gasteiger partial charge is 0.374 e. The molecule has 0 bridgehead atoms. The van der Waals surface area contributed by atoms with Gasteiger partial charge in [0.05, 0.1) is 19.8 Å². The summed E-state index contributed by atoms with van der Waals surface area (Å²) in [5, 5.41) is 0. The maximum atomic E-state index is 11.8. The molecule has 7 nitrogen and oxygen atoms in total. The number of hydrogen-bond donors (Lipinski definition) is 1. The van der Waals surface area contributed by atoms with Crippen LogP contribution in [0, 0.1) is 0 Å². The lowest BCUT2D eigenvalue weighted by atomic mass is 10.1. The number of carbonyl (C=O) groups excluding carboxylic acids is 3. The molecule has 0 aromatic heterocycles. The van der Waals surface area contributed by atoms with Crippen LogP contribution in [0.15, 0.2) is 24.3 Å². The van der Waals surface area contributed by atoms with Crippen LogP contribution in [-0.4, -0.2) is 39.3 Å². The van der Waals surface area contributed by atoms with Crippen molar-refractivity contribution in [3.8, 4) is 0 Å². The number of ether oxygens (including phenoxy) is 1. The lowest BCUT2D eigenvalue weighted by molar-refractivity contribution is -0.151. The molecule has 20 heavy (non-hydrogen) atoms. The molecule has 1 aromatic carbocycles. The molecule has 0 fully saturated rings. The van der Waals surface area contributed by atoms with Crippen molar-refractivity contribution in [2.45, 2.75) is 6.42 Å². The van der Waals surface area contributed by atoms with Gasteiger partial charge in [-0.1, -0.05) is 12.1 Å². The number of hydrogen-bond acceptors (Lipinski definition) is 6. The van der Waals surface area contributed by atoms with E-state index in [0.717, 1.165) is 13.4 Å². The van der Waals surface area contributed by atoms with Crippen LogP contribution in [0.5, 0.6) is 0 Å². The van der Waals surface area contributed by atoms with Gasteiger partial charge < -0.3 is 4.74 Å². The SMILES string of the molecule is COC(=O)C(=O)CC(=O)c1cccc(NS(C)(=O)=O)c1. The van der Waals surface area contributed by atoms with Crippen LogP contribution in [0.25, 0.3) is 0 Å². The summed E-state index contributed by atoms with van der Waals surface area (Å²) in [4.78, 5) is 34.0. The maximum Gasteiger partial charge on any atom is 0.374 e. The third-order valence-electron chi connectivity index (χ3n) is 2.22. The van der Waals surface area contributed by atoms with Crippen molar-refractivity contribution in [1.29, 1.82) is 0 Å². The maximum absolute atomic E-state index is 11.8. The van der Waals surface area contributed by atoms with E-state index >= 15 is 0 Å². The van der Waals surface area contributed by atoms with Crippen LogP contribution in [0.4, 0.5) is 5.69 Å². The molecule has 0 aliphatic heterocycles. The summed E-state index contributed by atoms with van der Waals surface area (Å²) in [7, 11) is -2.42. The molecular formula is C12H13NO6S. The third kappa shape index (κ3) is 4.81. The number of benzene rings is 1. The fourth-order valence-corrected chi connectivity index (χ4v) is 1.96. The zero-order valence-electron chi connectivity index (χ0n) is 10.9. The molecule has 1 N–H and O–H groups in total. The number of nitrogens with one attached hydrogen (secondary N) is 1. The quantitative estimate of drug-likeness (QED) is 0.352. The van der Waals surface area contributed by atoms with E-state index in [1.807, 2.05) is 0 Å². The van der Waals surface area contributed by atoms with E-state index in [0.29, 0.717) is 0 Å². The van der Waals surface area contributed by atoms with E-state index in [1.165, 1.54) is 24.3 Å². The second kappa shape index (κ2) is 6.29. The fraction of sp³-hybridized carbons (Fsp3) is 0.250. The molecule has 0 saturated heterocycles. The van der Waals surface area contributed by atoms with Crippen molar-refractivity contribution in [1.82, 2.24) is 0 Å². The molecule has 0 spiro atoms. The minimum atomic E-state index is -3.46. The van der Waals surface area contributed by atoms with Crippen LogP contribution in [0.3, 0.4) is 0 Å². The van der Waals surface area contributed by atoms with Crippen molar-refractivity contribution in [2.24, 2.45) is 0 Å². The Balaban J connectivity index is 2.87. The number of sulfonamides is 1. The summed E-state index contributed by atoms with van der Waals surface area (Å²) in [6.45, 7) is 0. The van der Waals surface area contributed by atoms with E-state index in [4.69, 9.17) is 0 Å². The number of ketones is 2. The highest BCUT2D eigenvalue weighted by atomic mass is 32.2. The monoisotopic (exact) mass is 299 g/mol. The molecular weight excluding hydrogens is 286 g/mol. The van der Waals surface area contributed by atoms with Crippen LogP contribution in [0.1, 0.15) is 16.8 Å². The molecule has 0 amide bonds. The third-order valence-corrected chi connectivity index (χ3v) is 2.83. The molecule has 1 rings (SSSR count). The van der Waals surface area contributed by atoms with E-state index < -0.39 is 34.0 Å². The lowest BCUT2D eigenvalue weighted by Crippen LogP contribution is -2.19. The van der Waals surface area contributed by atoms with Crippen molar-refractivity contribution in [2.75, 3.05) is 18.1 Å². The predicted molar refractivity (Wildman–Crippen MR) is 70.9 cm³/mol. The summed E-state index contributed by atoms with van der Waals surface area (Å²) in [5.74, 6) is -2.65. The van der Waals surface area contributed by atoms with Crippen LogP contribution in [0.2, 0.25) is 0 Å². The average Bonchev–Trinajstić information content (AvgIpc) is 2.35. The molecule has 0 saturated carbocycles. The number of anilines is 1. The Morgan fingerprint density at radius 1 is 1.25 bits per heavy atom. The average molecular weight is 299 g/mol. The topological polar surface area (TPSA) is 107 Å². The van der Waals surface area contributed by atoms with Gasteiger partial charge in [-0.3, -0.25) is 14.3 Å². The Kier molecular flexibility index (Phi) is 4.98. The summed E-state index contributed by atoms with van der Waals surface area (Å²) < 4.78 is 28.6. The Morgan fingerprint density at radius 3 is 2.45 bits per heavy atom. The van der Waals surface area contributed by atoms with Crippen molar-refractivity contribution in [3.05, 3.63) is 29.8 Å². The van der Waals surface area contributed by atoms with Gasteiger partial charge in [0.1, 0.15) is 0 Å². The highest BCUT2D eigenvalue weighted by Gasteiger charge is 2.19. The molecule has 0 aliphatic rings. The largest absolute Gasteiger partial charge is 0.463 e. The summed E-state index contributed by atoms with van der Waals surface area (Å²) in [6, 6.07) is 5.62. The second-order valence-electron chi connectivity index (χ2n) is 3.97. The van der Waals surface area contributed by atoms with Gasteiger partial charge >= 0.3 is 5.97 Å². The Morgan fingerprint density at radius 2 is 1.90 bits per heavy atom. The molecule has 0 atom stereocenters. The Bertz CT molecular complexity index is 650. The Labute approximate surface area is 116 Å². The van der Waals surface area contributed by atoms with Crippen molar-refractivity contribution in [3.63, 3.8) is 0 Å². The van der Waals surface area contributed by atoms with Crippen molar-refractivity contribution < 1.29 is 27.5 Å². The zero-order chi connectivity index (χ0) is 15.3. The van der Waals surface area contributed by atoms with Gasteiger partial charge in [-0.2, -0.15) is 0 Å². The molecule has 0 unspecified atom stereocenters. The standard InChI is InChI=1S/C12H13NO6S/c1-19-12(16)11(15)7-10(14)8-4-3-5-9(6-8)13-20(2,17)18/h3-6,13H,7H2,1-2H3.